The number of rotatable bonds is 5. The van der Waals surface area contributed by atoms with Gasteiger partial charge in [-0.2, -0.15) is 0 Å². The van der Waals surface area contributed by atoms with Gasteiger partial charge in [0.25, 0.3) is 5.91 Å². The van der Waals surface area contributed by atoms with E-state index in [1.165, 1.54) is 13.4 Å². The lowest BCUT2D eigenvalue weighted by Gasteiger charge is -2.35. The van der Waals surface area contributed by atoms with Crippen LogP contribution in [-0.4, -0.2) is 59.0 Å². The first-order valence-corrected chi connectivity index (χ1v) is 11.2. The monoisotopic (exact) mass is 472 g/mol. The Kier molecular flexibility index (Phi) is 6.01. The zero-order chi connectivity index (χ0) is 24.4. The molecule has 0 unspecified atom stereocenters. The van der Waals surface area contributed by atoms with Gasteiger partial charge in [-0.15, -0.1) is 0 Å². The highest BCUT2D eigenvalue weighted by Gasteiger charge is 2.26. The Hall–Kier alpha value is -4.47. The smallest absolute Gasteiger partial charge is 0.349 e. The summed E-state index contributed by atoms with van der Waals surface area (Å²) in [5, 5.41) is 3.83. The molecule has 1 aliphatic rings. The third-order valence-corrected chi connectivity index (χ3v) is 5.89. The summed E-state index contributed by atoms with van der Waals surface area (Å²) in [4.78, 5) is 42.4. The van der Waals surface area contributed by atoms with E-state index in [9.17, 15) is 9.59 Å². The lowest BCUT2D eigenvalue weighted by molar-refractivity contribution is 0.0742. The van der Waals surface area contributed by atoms with Crippen molar-refractivity contribution in [1.29, 1.82) is 0 Å². The first-order valence-electron chi connectivity index (χ1n) is 11.2. The van der Waals surface area contributed by atoms with Gasteiger partial charge in [-0.05, 0) is 36.8 Å². The summed E-state index contributed by atoms with van der Waals surface area (Å²) in [6.07, 6.45) is 3.24. The molecule has 10 heteroatoms. The average Bonchev–Trinajstić information content (AvgIpc) is 2.88. The number of amides is 1. The number of fused-ring (bicyclic) bond motifs is 1. The Labute approximate surface area is 201 Å². The standard InChI is InChI=1S/C25H24N6O4/c1-16-6-7-26-20(12-16)29-21-14-22(28-15-27-21)30-8-10-31(11-9-30)24(32)18-13-17-4-3-5-19(34-2)23(17)35-25(18)33/h3-7,12-15H,8-11H2,1-2H3,(H,26,27,28,29). The van der Waals surface area contributed by atoms with Crippen molar-refractivity contribution in [2.45, 2.75) is 6.92 Å². The summed E-state index contributed by atoms with van der Waals surface area (Å²) in [5.74, 6) is 2.19. The molecule has 35 heavy (non-hydrogen) atoms. The first kappa shape index (κ1) is 22.3. The van der Waals surface area contributed by atoms with Crippen molar-refractivity contribution in [2.75, 3.05) is 43.5 Å². The number of hydrogen-bond donors (Lipinski definition) is 1. The molecule has 178 valence electrons. The summed E-state index contributed by atoms with van der Waals surface area (Å²) in [7, 11) is 1.50. The van der Waals surface area contributed by atoms with Gasteiger partial charge >= 0.3 is 5.63 Å². The zero-order valence-electron chi connectivity index (χ0n) is 19.4. The number of benzene rings is 1. The Morgan fingerprint density at radius 3 is 2.60 bits per heavy atom. The molecule has 1 amide bonds. The zero-order valence-corrected chi connectivity index (χ0v) is 19.4. The Morgan fingerprint density at radius 2 is 1.83 bits per heavy atom. The second kappa shape index (κ2) is 9.41. The van der Waals surface area contributed by atoms with Gasteiger partial charge in [0.05, 0.1) is 7.11 Å². The molecule has 1 aliphatic heterocycles. The number of piperazine rings is 1. The molecule has 1 fully saturated rings. The van der Waals surface area contributed by atoms with Crippen molar-refractivity contribution in [1.82, 2.24) is 19.9 Å². The number of carbonyl (C=O) groups excluding carboxylic acids is 1. The fourth-order valence-electron chi connectivity index (χ4n) is 4.06. The minimum atomic E-state index is -0.675. The number of nitrogens with one attached hydrogen (secondary N) is 1. The van der Waals surface area contributed by atoms with E-state index in [1.807, 2.05) is 25.1 Å². The Morgan fingerprint density at radius 1 is 1.03 bits per heavy atom. The molecule has 0 bridgehead atoms. The summed E-state index contributed by atoms with van der Waals surface area (Å²) in [6.45, 7) is 4.02. The summed E-state index contributed by atoms with van der Waals surface area (Å²) < 4.78 is 10.7. The molecule has 0 spiro atoms. The topological polar surface area (TPSA) is 114 Å². The van der Waals surface area contributed by atoms with Gasteiger partial charge in [0, 0.05) is 43.8 Å². The number of ether oxygens (including phenoxy) is 1. The molecule has 0 aliphatic carbocycles. The molecule has 1 N–H and O–H groups in total. The van der Waals surface area contributed by atoms with E-state index in [4.69, 9.17) is 9.15 Å². The van der Waals surface area contributed by atoms with Crippen molar-refractivity contribution in [3.8, 4) is 5.75 Å². The van der Waals surface area contributed by atoms with E-state index < -0.39 is 5.63 Å². The lowest BCUT2D eigenvalue weighted by Crippen LogP contribution is -2.49. The molecule has 3 aromatic heterocycles. The largest absolute Gasteiger partial charge is 0.493 e. The fraction of sp³-hybridized carbons (Fsp3) is 0.240. The number of methoxy groups -OCH3 is 1. The van der Waals surface area contributed by atoms with Crippen molar-refractivity contribution in [3.63, 3.8) is 0 Å². The third-order valence-electron chi connectivity index (χ3n) is 5.89. The lowest BCUT2D eigenvalue weighted by atomic mass is 10.1. The molecular formula is C25H24N6O4. The Balaban J connectivity index is 1.28. The molecule has 1 saturated heterocycles. The molecule has 4 heterocycles. The fourth-order valence-corrected chi connectivity index (χ4v) is 4.06. The molecule has 0 atom stereocenters. The van der Waals surface area contributed by atoms with Gasteiger partial charge in [0.2, 0.25) is 0 Å². The summed E-state index contributed by atoms with van der Waals surface area (Å²) >= 11 is 0. The van der Waals surface area contributed by atoms with Gasteiger partial charge < -0.3 is 24.3 Å². The number of pyridine rings is 1. The molecule has 1 aromatic carbocycles. The van der Waals surface area contributed by atoms with Crippen LogP contribution in [0.2, 0.25) is 0 Å². The average molecular weight is 473 g/mol. The molecule has 5 rings (SSSR count). The summed E-state index contributed by atoms with van der Waals surface area (Å²) in [5.41, 5.74) is 0.761. The number of aromatic nitrogens is 3. The van der Waals surface area contributed by atoms with Crippen molar-refractivity contribution in [3.05, 3.63) is 76.5 Å². The second-order valence-electron chi connectivity index (χ2n) is 8.21. The van der Waals surface area contributed by atoms with Gasteiger partial charge in [-0.25, -0.2) is 19.7 Å². The minimum absolute atomic E-state index is 0.0124. The number of anilines is 3. The minimum Gasteiger partial charge on any atom is -0.493 e. The van der Waals surface area contributed by atoms with Crippen LogP contribution < -0.4 is 20.6 Å². The van der Waals surface area contributed by atoms with Gasteiger partial charge in [-0.1, -0.05) is 12.1 Å². The number of hydrogen-bond acceptors (Lipinski definition) is 9. The van der Waals surface area contributed by atoms with Crippen LogP contribution in [-0.2, 0) is 0 Å². The van der Waals surface area contributed by atoms with Crippen LogP contribution in [0.25, 0.3) is 11.0 Å². The molecule has 0 radical (unpaired) electrons. The van der Waals surface area contributed by atoms with E-state index in [0.29, 0.717) is 54.5 Å². The van der Waals surface area contributed by atoms with Crippen molar-refractivity contribution >= 4 is 34.3 Å². The van der Waals surface area contributed by atoms with E-state index in [-0.39, 0.29) is 11.5 Å². The Bertz CT molecular complexity index is 1450. The van der Waals surface area contributed by atoms with Crippen LogP contribution in [0.15, 0.2) is 64.2 Å². The number of carbonyl (C=O) groups is 1. The first-order chi connectivity index (χ1) is 17.0. The van der Waals surface area contributed by atoms with E-state index in [1.54, 1.807) is 35.4 Å². The van der Waals surface area contributed by atoms with Crippen molar-refractivity contribution < 1.29 is 13.9 Å². The predicted molar refractivity (Wildman–Crippen MR) is 131 cm³/mol. The number of para-hydroxylation sites is 1. The van der Waals surface area contributed by atoms with Crippen LogP contribution in [0.4, 0.5) is 17.5 Å². The normalized spacial score (nSPS) is 13.7. The molecule has 4 aromatic rings. The number of nitrogens with zero attached hydrogens (tertiary/aromatic N) is 5. The third kappa shape index (κ3) is 4.63. The van der Waals surface area contributed by atoms with E-state index in [0.717, 1.165) is 11.4 Å². The molecular weight excluding hydrogens is 448 g/mol. The van der Waals surface area contributed by atoms with Crippen LogP contribution in [0.3, 0.4) is 0 Å². The maximum atomic E-state index is 13.1. The molecule has 0 saturated carbocycles. The summed E-state index contributed by atoms with van der Waals surface area (Å²) in [6, 6.07) is 12.6. The SMILES string of the molecule is COc1cccc2cc(C(=O)N3CCN(c4cc(Nc5cc(C)ccn5)ncn4)CC3)c(=O)oc12. The predicted octanol–water partition coefficient (Wildman–Crippen LogP) is 3.00. The quantitative estimate of drug-likeness (QED) is 0.438. The highest BCUT2D eigenvalue weighted by atomic mass is 16.5. The van der Waals surface area contributed by atoms with Gasteiger partial charge in [0.1, 0.15) is 29.3 Å². The highest BCUT2D eigenvalue weighted by Crippen LogP contribution is 2.25. The highest BCUT2D eigenvalue weighted by molar-refractivity contribution is 5.97. The van der Waals surface area contributed by atoms with Crippen molar-refractivity contribution in [2.24, 2.45) is 0 Å². The second-order valence-corrected chi connectivity index (χ2v) is 8.21. The van der Waals surface area contributed by atoms with Crippen LogP contribution in [0, 0.1) is 6.92 Å². The van der Waals surface area contributed by atoms with E-state index >= 15 is 0 Å². The maximum absolute atomic E-state index is 13.1. The van der Waals surface area contributed by atoms with E-state index in [2.05, 4.69) is 25.2 Å². The van der Waals surface area contributed by atoms with Crippen LogP contribution >= 0.6 is 0 Å². The number of aryl methyl sites for hydroxylation is 1. The van der Waals surface area contributed by atoms with Crippen LogP contribution in [0.1, 0.15) is 15.9 Å². The van der Waals surface area contributed by atoms with Gasteiger partial charge in [0.15, 0.2) is 11.3 Å². The maximum Gasteiger partial charge on any atom is 0.349 e. The van der Waals surface area contributed by atoms with Gasteiger partial charge in [-0.3, -0.25) is 4.79 Å². The van der Waals surface area contributed by atoms with Crippen LogP contribution in [0.5, 0.6) is 5.75 Å². The molecule has 10 nitrogen and oxygen atoms in total.